The van der Waals surface area contributed by atoms with Crippen molar-refractivity contribution in [2.24, 2.45) is 4.99 Å². The molecule has 3 aromatic rings. The van der Waals surface area contributed by atoms with Crippen molar-refractivity contribution in [3.63, 3.8) is 0 Å². The quantitative estimate of drug-likeness (QED) is 0.320. The number of fused-ring (bicyclic) bond motifs is 1. The number of aliphatic imine (C=N–C) groups is 1. The van der Waals surface area contributed by atoms with Crippen LogP contribution >= 0.6 is 24.0 Å². The summed E-state index contributed by atoms with van der Waals surface area (Å²) in [7, 11) is 0. The number of benzene rings is 1. The summed E-state index contributed by atoms with van der Waals surface area (Å²) >= 11 is 0. The Morgan fingerprint density at radius 3 is 2.70 bits per heavy atom. The van der Waals surface area contributed by atoms with Gasteiger partial charge in [-0.2, -0.15) is 0 Å². The van der Waals surface area contributed by atoms with E-state index in [0.717, 1.165) is 53.4 Å². The highest BCUT2D eigenvalue weighted by molar-refractivity contribution is 14.0. The Kier molecular flexibility index (Phi) is 8.02. The highest BCUT2D eigenvalue weighted by Gasteiger charge is 2.08. The molecular weight excluding hydrogens is 453 g/mol. The first-order valence-electron chi connectivity index (χ1n) is 8.95. The Labute approximate surface area is 176 Å². The summed E-state index contributed by atoms with van der Waals surface area (Å²) in [5, 5.41) is 11.8. The van der Waals surface area contributed by atoms with E-state index in [1.807, 2.05) is 44.3 Å². The minimum Gasteiger partial charge on any atom is -0.361 e. The zero-order valence-electron chi connectivity index (χ0n) is 16.0. The van der Waals surface area contributed by atoms with Crippen LogP contribution in [0.2, 0.25) is 0 Å². The van der Waals surface area contributed by atoms with Crippen LogP contribution < -0.4 is 10.6 Å². The maximum absolute atomic E-state index is 5.22. The number of hydrogen-bond donors (Lipinski definition) is 2. The van der Waals surface area contributed by atoms with E-state index >= 15 is 0 Å². The third-order valence-corrected chi connectivity index (χ3v) is 4.34. The van der Waals surface area contributed by atoms with E-state index in [-0.39, 0.29) is 24.0 Å². The molecule has 0 bridgehead atoms. The topological polar surface area (TPSA) is 75.3 Å². The van der Waals surface area contributed by atoms with E-state index in [9.17, 15) is 0 Å². The fourth-order valence-electron chi connectivity index (χ4n) is 2.96. The smallest absolute Gasteiger partial charge is 0.191 e. The Hall–Kier alpha value is -2.16. The van der Waals surface area contributed by atoms with Crippen molar-refractivity contribution < 1.29 is 4.52 Å². The lowest BCUT2D eigenvalue weighted by Gasteiger charge is -2.11. The second-order valence-corrected chi connectivity index (χ2v) is 6.16. The van der Waals surface area contributed by atoms with Gasteiger partial charge in [0, 0.05) is 30.2 Å². The fraction of sp³-hybridized carbons (Fsp3) is 0.350. The molecule has 27 heavy (non-hydrogen) atoms. The molecule has 2 heterocycles. The van der Waals surface area contributed by atoms with E-state index in [0.29, 0.717) is 6.54 Å². The molecule has 0 saturated heterocycles. The highest BCUT2D eigenvalue weighted by Crippen LogP contribution is 2.17. The third kappa shape index (κ3) is 5.41. The molecule has 2 N–H and O–H groups in total. The molecule has 0 unspecified atom stereocenters. The summed E-state index contributed by atoms with van der Waals surface area (Å²) in [5.41, 5.74) is 4.28. The van der Waals surface area contributed by atoms with Crippen LogP contribution in [0.15, 0.2) is 46.0 Å². The number of nitrogens with zero attached hydrogens (tertiary/aromatic N) is 3. The number of hydrogen-bond acceptors (Lipinski definition) is 4. The van der Waals surface area contributed by atoms with E-state index < -0.39 is 0 Å². The van der Waals surface area contributed by atoms with Gasteiger partial charge >= 0.3 is 0 Å². The van der Waals surface area contributed by atoms with Gasteiger partial charge in [0.15, 0.2) is 5.96 Å². The number of rotatable bonds is 6. The molecule has 0 aliphatic rings. The van der Waals surface area contributed by atoms with Crippen molar-refractivity contribution >= 4 is 40.8 Å². The number of aromatic nitrogens is 2. The Bertz CT molecular complexity index is 882. The van der Waals surface area contributed by atoms with Crippen LogP contribution in [0.1, 0.15) is 29.5 Å². The SMILES string of the molecule is CCNC(=NCc1ccnc2ccccc12)NCCc1c(C)noc1C.I. The minimum atomic E-state index is 0. The van der Waals surface area contributed by atoms with Crippen molar-refractivity contribution in [2.75, 3.05) is 13.1 Å². The van der Waals surface area contributed by atoms with Crippen molar-refractivity contribution in [2.45, 2.75) is 33.7 Å². The Balaban J connectivity index is 0.00000261. The van der Waals surface area contributed by atoms with Gasteiger partial charge in [0.1, 0.15) is 5.76 Å². The van der Waals surface area contributed by atoms with E-state index in [2.05, 4.69) is 33.8 Å². The third-order valence-electron chi connectivity index (χ3n) is 4.34. The first-order valence-corrected chi connectivity index (χ1v) is 8.95. The Morgan fingerprint density at radius 1 is 1.15 bits per heavy atom. The molecular formula is C20H26IN5O. The number of para-hydroxylation sites is 1. The first kappa shape index (κ1) is 21.1. The van der Waals surface area contributed by atoms with Crippen molar-refractivity contribution in [1.29, 1.82) is 0 Å². The van der Waals surface area contributed by atoms with Crippen LogP contribution in [0.5, 0.6) is 0 Å². The van der Waals surface area contributed by atoms with E-state index in [1.165, 1.54) is 5.56 Å². The lowest BCUT2D eigenvalue weighted by molar-refractivity contribution is 0.392. The number of pyridine rings is 1. The second kappa shape index (κ2) is 10.2. The maximum atomic E-state index is 5.22. The molecule has 144 valence electrons. The van der Waals surface area contributed by atoms with Gasteiger partial charge in [-0.05, 0) is 44.9 Å². The Morgan fingerprint density at radius 2 is 1.96 bits per heavy atom. The number of halogens is 1. The maximum Gasteiger partial charge on any atom is 0.191 e. The molecule has 0 saturated carbocycles. The highest BCUT2D eigenvalue weighted by atomic mass is 127. The van der Waals surface area contributed by atoms with Gasteiger partial charge < -0.3 is 15.2 Å². The van der Waals surface area contributed by atoms with Crippen molar-refractivity contribution in [3.05, 3.63) is 59.1 Å². The fourth-order valence-corrected chi connectivity index (χ4v) is 2.96. The number of guanidine groups is 1. The largest absolute Gasteiger partial charge is 0.361 e. The molecule has 0 amide bonds. The normalized spacial score (nSPS) is 11.3. The average molecular weight is 479 g/mol. The number of aryl methyl sites for hydroxylation is 2. The average Bonchev–Trinajstić information content (AvgIpc) is 2.98. The summed E-state index contributed by atoms with van der Waals surface area (Å²) in [6.45, 7) is 8.17. The van der Waals surface area contributed by atoms with Gasteiger partial charge in [0.25, 0.3) is 0 Å². The van der Waals surface area contributed by atoms with Gasteiger partial charge in [0.05, 0.1) is 17.8 Å². The standard InChI is InChI=1S/C20H25N5O.HI/c1-4-21-20(23-12-10-17-14(2)25-26-15(17)3)24-13-16-9-11-22-19-8-6-5-7-18(16)19;/h5-9,11H,4,10,12-13H2,1-3H3,(H2,21,23,24);1H. The zero-order chi connectivity index (χ0) is 18.4. The second-order valence-electron chi connectivity index (χ2n) is 6.16. The minimum absolute atomic E-state index is 0. The van der Waals surface area contributed by atoms with Crippen LogP contribution in [0.3, 0.4) is 0 Å². The number of nitrogens with one attached hydrogen (secondary N) is 2. The van der Waals surface area contributed by atoms with Crippen molar-refractivity contribution in [1.82, 2.24) is 20.8 Å². The molecule has 7 heteroatoms. The summed E-state index contributed by atoms with van der Waals surface area (Å²) in [6, 6.07) is 10.2. The summed E-state index contributed by atoms with van der Waals surface area (Å²) < 4.78 is 5.22. The molecule has 0 aliphatic carbocycles. The van der Waals surface area contributed by atoms with Crippen LogP contribution in [0.4, 0.5) is 0 Å². The monoisotopic (exact) mass is 479 g/mol. The molecule has 0 atom stereocenters. The molecule has 0 aliphatic heterocycles. The van der Waals surface area contributed by atoms with Gasteiger partial charge in [-0.1, -0.05) is 23.4 Å². The van der Waals surface area contributed by atoms with Gasteiger partial charge in [-0.3, -0.25) is 4.98 Å². The first-order chi connectivity index (χ1) is 12.7. The van der Waals surface area contributed by atoms with Gasteiger partial charge in [-0.25, -0.2) is 4.99 Å². The molecule has 0 radical (unpaired) electrons. The summed E-state index contributed by atoms with van der Waals surface area (Å²) in [4.78, 5) is 9.13. The summed E-state index contributed by atoms with van der Waals surface area (Å²) in [6.07, 6.45) is 2.69. The van der Waals surface area contributed by atoms with Crippen LogP contribution in [-0.4, -0.2) is 29.2 Å². The van der Waals surface area contributed by atoms with E-state index in [1.54, 1.807) is 0 Å². The summed E-state index contributed by atoms with van der Waals surface area (Å²) in [5.74, 6) is 1.69. The van der Waals surface area contributed by atoms with Crippen molar-refractivity contribution in [3.8, 4) is 0 Å². The zero-order valence-corrected chi connectivity index (χ0v) is 18.3. The van der Waals surface area contributed by atoms with Gasteiger partial charge in [-0.15, -0.1) is 24.0 Å². The molecule has 0 spiro atoms. The lowest BCUT2D eigenvalue weighted by Crippen LogP contribution is -2.38. The van der Waals surface area contributed by atoms with Crippen LogP contribution in [0.25, 0.3) is 10.9 Å². The molecule has 2 aromatic heterocycles. The lowest BCUT2D eigenvalue weighted by atomic mass is 10.1. The molecule has 6 nitrogen and oxygen atoms in total. The van der Waals surface area contributed by atoms with Crippen LogP contribution in [-0.2, 0) is 13.0 Å². The molecule has 3 rings (SSSR count). The molecule has 0 fully saturated rings. The van der Waals surface area contributed by atoms with Gasteiger partial charge in [0.2, 0.25) is 0 Å². The predicted octanol–water partition coefficient (Wildman–Crippen LogP) is 3.76. The van der Waals surface area contributed by atoms with E-state index in [4.69, 9.17) is 9.52 Å². The predicted molar refractivity (Wildman–Crippen MR) is 120 cm³/mol. The molecule has 1 aromatic carbocycles. The van der Waals surface area contributed by atoms with Crippen LogP contribution in [0, 0.1) is 13.8 Å².